The van der Waals surface area contributed by atoms with Crippen molar-refractivity contribution in [3.63, 3.8) is 0 Å². The molecule has 64 valence electrons. The first-order valence-corrected chi connectivity index (χ1v) is 3.58. The zero-order chi connectivity index (χ0) is 8.97. The van der Waals surface area contributed by atoms with Gasteiger partial charge in [0, 0.05) is 0 Å². The van der Waals surface area contributed by atoms with Crippen molar-refractivity contribution in [1.29, 1.82) is 5.26 Å². The summed E-state index contributed by atoms with van der Waals surface area (Å²) in [4.78, 5) is 1.38. The van der Waals surface area contributed by atoms with Gasteiger partial charge in [-0.25, -0.2) is 0 Å². The van der Waals surface area contributed by atoms with Crippen LogP contribution in [0.15, 0.2) is 0 Å². The van der Waals surface area contributed by atoms with Gasteiger partial charge in [-0.1, -0.05) is 0 Å². The first-order valence-electron chi connectivity index (χ1n) is 3.58. The van der Waals surface area contributed by atoms with Crippen molar-refractivity contribution in [2.45, 2.75) is 19.5 Å². The van der Waals surface area contributed by atoms with E-state index in [1.165, 1.54) is 4.80 Å². The van der Waals surface area contributed by atoms with Gasteiger partial charge in [-0.3, -0.25) is 5.32 Å². The molecule has 0 aromatic carbocycles. The van der Waals surface area contributed by atoms with Crippen LogP contribution in [0.25, 0.3) is 0 Å². The van der Waals surface area contributed by atoms with Gasteiger partial charge in [0.05, 0.1) is 25.7 Å². The highest BCUT2D eigenvalue weighted by Crippen LogP contribution is 1.85. The molecule has 0 amide bonds. The summed E-state index contributed by atoms with van der Waals surface area (Å²) in [6.07, 6.45) is 0. The van der Waals surface area contributed by atoms with E-state index in [0.717, 1.165) is 0 Å². The van der Waals surface area contributed by atoms with E-state index in [0.29, 0.717) is 12.4 Å². The Bertz CT molecular complexity index is 284. The Morgan fingerprint density at radius 2 is 2.50 bits per heavy atom. The number of aryl methyl sites for hydroxylation is 1. The normalized spacial score (nSPS) is 12.4. The smallest absolute Gasteiger partial charge is 0.188 e. The third-order valence-corrected chi connectivity index (χ3v) is 1.31. The second-order valence-electron chi connectivity index (χ2n) is 2.43. The number of rotatable bonds is 3. The Hall–Kier alpha value is -1.48. The quantitative estimate of drug-likeness (QED) is 0.636. The number of hydrogen-bond acceptors (Lipinski definition) is 5. The molecule has 6 heteroatoms. The van der Waals surface area contributed by atoms with Crippen LogP contribution < -0.4 is 5.32 Å². The molecule has 0 radical (unpaired) electrons. The van der Waals surface area contributed by atoms with E-state index < -0.39 is 0 Å². The summed E-state index contributed by atoms with van der Waals surface area (Å²) < 4.78 is 0. The number of tetrazole rings is 1. The van der Waals surface area contributed by atoms with Crippen LogP contribution in [0.1, 0.15) is 12.7 Å². The molecule has 0 saturated heterocycles. The van der Waals surface area contributed by atoms with E-state index in [1.54, 1.807) is 14.0 Å². The van der Waals surface area contributed by atoms with Crippen LogP contribution in [0.2, 0.25) is 0 Å². The summed E-state index contributed by atoms with van der Waals surface area (Å²) >= 11 is 0. The zero-order valence-corrected chi connectivity index (χ0v) is 7.02. The molecule has 1 aromatic heterocycles. The summed E-state index contributed by atoms with van der Waals surface area (Å²) in [5.41, 5.74) is 0. The molecule has 1 rings (SSSR count). The molecule has 1 unspecified atom stereocenters. The predicted octanol–water partition coefficient (Wildman–Crippen LogP) is -0.788. The molecule has 0 bridgehead atoms. The molecule has 0 aliphatic heterocycles. The second-order valence-corrected chi connectivity index (χ2v) is 2.43. The van der Waals surface area contributed by atoms with Crippen LogP contribution >= 0.6 is 0 Å². The number of aromatic nitrogens is 4. The molecule has 12 heavy (non-hydrogen) atoms. The highest BCUT2D eigenvalue weighted by atomic mass is 15.6. The minimum absolute atomic E-state index is 0.186. The third-order valence-electron chi connectivity index (χ3n) is 1.31. The van der Waals surface area contributed by atoms with Crippen LogP contribution in [0.5, 0.6) is 0 Å². The topological polar surface area (TPSA) is 79.4 Å². The minimum atomic E-state index is -0.186. The molecule has 1 heterocycles. The van der Waals surface area contributed by atoms with Gasteiger partial charge < -0.3 is 0 Å². The van der Waals surface area contributed by atoms with E-state index >= 15 is 0 Å². The lowest BCUT2D eigenvalue weighted by atomic mass is 10.4. The average Bonchev–Trinajstić information content (AvgIpc) is 2.47. The number of hydrogen-bond donors (Lipinski definition) is 1. The van der Waals surface area contributed by atoms with Gasteiger partial charge >= 0.3 is 0 Å². The first kappa shape index (κ1) is 8.62. The molecule has 0 aliphatic rings. The fourth-order valence-corrected chi connectivity index (χ4v) is 0.684. The van der Waals surface area contributed by atoms with E-state index in [1.807, 2.05) is 6.07 Å². The second kappa shape index (κ2) is 3.78. The van der Waals surface area contributed by atoms with Crippen molar-refractivity contribution in [3.8, 4) is 6.07 Å². The van der Waals surface area contributed by atoms with Gasteiger partial charge in [0.15, 0.2) is 5.82 Å². The summed E-state index contributed by atoms with van der Waals surface area (Å²) in [5.74, 6) is 0.597. The van der Waals surface area contributed by atoms with Crippen molar-refractivity contribution < 1.29 is 0 Å². The van der Waals surface area contributed by atoms with Crippen LogP contribution in [0.3, 0.4) is 0 Å². The lowest BCUT2D eigenvalue weighted by molar-refractivity contribution is 0.605. The Kier molecular flexibility index (Phi) is 2.71. The molecule has 6 nitrogen and oxygen atoms in total. The number of nitrogens with zero attached hydrogens (tertiary/aromatic N) is 5. The first-order chi connectivity index (χ1) is 5.72. The highest BCUT2D eigenvalue weighted by Gasteiger charge is 2.02. The molecule has 0 spiro atoms. The maximum Gasteiger partial charge on any atom is 0.188 e. The third kappa shape index (κ3) is 2.29. The van der Waals surface area contributed by atoms with Crippen molar-refractivity contribution in [2.75, 3.05) is 0 Å². The Morgan fingerprint density at radius 1 is 1.75 bits per heavy atom. The lowest BCUT2D eigenvalue weighted by Crippen LogP contribution is -2.24. The van der Waals surface area contributed by atoms with Crippen LogP contribution in [0.4, 0.5) is 0 Å². The van der Waals surface area contributed by atoms with Gasteiger partial charge in [-0.2, -0.15) is 10.1 Å². The molecule has 0 saturated carbocycles. The molecule has 1 aromatic rings. The molecular weight excluding hydrogens is 156 g/mol. The van der Waals surface area contributed by atoms with Gasteiger partial charge in [0.2, 0.25) is 0 Å². The summed E-state index contributed by atoms with van der Waals surface area (Å²) in [6, 6.07) is 1.86. The Labute approximate surface area is 70.2 Å². The minimum Gasteiger partial charge on any atom is -0.295 e. The van der Waals surface area contributed by atoms with Gasteiger partial charge in [-0.05, 0) is 12.1 Å². The van der Waals surface area contributed by atoms with Crippen LogP contribution in [-0.2, 0) is 13.6 Å². The number of nitrogens with one attached hydrogen (secondary N) is 1. The van der Waals surface area contributed by atoms with Crippen molar-refractivity contribution >= 4 is 0 Å². The standard InChI is InChI=1S/C6H10N6/c1-5(3-7)8-4-6-9-11-12(2)10-6/h5,8H,4H2,1-2H3. The zero-order valence-electron chi connectivity index (χ0n) is 7.02. The SMILES string of the molecule is CC(C#N)NCc1nnn(C)n1. The van der Waals surface area contributed by atoms with E-state index in [-0.39, 0.29) is 6.04 Å². The monoisotopic (exact) mass is 166 g/mol. The summed E-state index contributed by atoms with van der Waals surface area (Å²) in [6.45, 7) is 2.25. The predicted molar refractivity (Wildman–Crippen MR) is 40.7 cm³/mol. The Morgan fingerprint density at radius 3 is 3.00 bits per heavy atom. The maximum atomic E-state index is 8.44. The van der Waals surface area contributed by atoms with E-state index in [2.05, 4.69) is 20.7 Å². The fraction of sp³-hybridized carbons (Fsp3) is 0.667. The highest BCUT2D eigenvalue weighted by molar-refractivity contribution is 4.87. The van der Waals surface area contributed by atoms with Crippen molar-refractivity contribution in [2.24, 2.45) is 7.05 Å². The molecule has 0 fully saturated rings. The molecule has 1 N–H and O–H groups in total. The fourth-order valence-electron chi connectivity index (χ4n) is 0.684. The van der Waals surface area contributed by atoms with E-state index in [4.69, 9.17) is 5.26 Å². The maximum absolute atomic E-state index is 8.44. The van der Waals surface area contributed by atoms with Gasteiger partial charge in [-0.15, -0.1) is 10.2 Å². The van der Waals surface area contributed by atoms with Gasteiger partial charge in [0.25, 0.3) is 0 Å². The van der Waals surface area contributed by atoms with E-state index in [9.17, 15) is 0 Å². The molecule has 0 aliphatic carbocycles. The molecular formula is C6H10N6. The summed E-state index contributed by atoms with van der Waals surface area (Å²) in [7, 11) is 1.70. The number of nitriles is 1. The average molecular weight is 166 g/mol. The molecule has 1 atom stereocenters. The Balaban J connectivity index is 2.39. The van der Waals surface area contributed by atoms with Gasteiger partial charge in [0.1, 0.15) is 0 Å². The van der Waals surface area contributed by atoms with Crippen LogP contribution in [-0.4, -0.2) is 26.2 Å². The summed E-state index contributed by atoms with van der Waals surface area (Å²) in [5, 5.41) is 22.7. The van der Waals surface area contributed by atoms with Crippen molar-refractivity contribution in [1.82, 2.24) is 25.5 Å². The van der Waals surface area contributed by atoms with Crippen LogP contribution in [0, 0.1) is 11.3 Å². The largest absolute Gasteiger partial charge is 0.295 e. The lowest BCUT2D eigenvalue weighted by Gasteiger charge is -2.00. The van der Waals surface area contributed by atoms with Crippen molar-refractivity contribution in [3.05, 3.63) is 5.82 Å².